The molecule has 0 unspecified atom stereocenters. The number of hydrogen-bond acceptors (Lipinski definition) is 10. The van der Waals surface area contributed by atoms with Crippen LogP contribution >= 0.6 is 0 Å². The Labute approximate surface area is 685 Å². The molecule has 0 fully saturated rings. The molecule has 22 rings (SSSR count). The third-order valence-corrected chi connectivity index (χ3v) is 27.3. The standard InChI is InChI=1S/C105H85N5O10/c1-18-120-105(119)51-31-33-52(34-32-51)106-71-41-69-74-68(100(114)108(101(69)115)94-55(45(6)7)25-20-26-56(94)46(8)9)40-66-65-39-67-73-63(97(111)107(99(67)113)93-53(43(2)3)23-19-24-54(93)44(4)5)37-35-61-62-36-38-64-77-76(62)84(78(65)75(61)73)87-88-86-79(66)83(74)81(71)82-72(106)42-70-80(85(82)86)92(104(118)110(102(70)116)96-59(49(14)15)29-22-30-60(96)50(16)17)90(88)89(87)91(77)103(117)109(98(64)112)95-57(47(10)11)27-21-28-58(95)48(12)13/h19-50H,18H2,1-17H3. The summed E-state index contributed by atoms with van der Waals surface area (Å²) < 4.78 is 13.1. The van der Waals surface area contributed by atoms with Gasteiger partial charge in [0.15, 0.2) is 0 Å². The Kier molecular flexibility index (Phi) is 15.0. The first-order valence-electron chi connectivity index (χ1n) is 42.4. The molecule has 0 aliphatic heterocycles. The molecule has 17 aromatic carbocycles. The molecule has 22 aromatic rings. The lowest BCUT2D eigenvalue weighted by Gasteiger charge is -2.30. The van der Waals surface area contributed by atoms with Gasteiger partial charge in [-0.2, -0.15) is 0 Å². The van der Waals surface area contributed by atoms with E-state index in [1.807, 2.05) is 166 Å². The maximum Gasteiger partial charge on any atom is 0.338 e. The zero-order chi connectivity index (χ0) is 83.6. The largest absolute Gasteiger partial charge is 0.462 e. The number of benzene rings is 15. The zero-order valence-electron chi connectivity index (χ0n) is 70.0. The van der Waals surface area contributed by atoms with E-state index >= 15 is 38.4 Å². The van der Waals surface area contributed by atoms with E-state index in [0.717, 1.165) is 44.5 Å². The van der Waals surface area contributed by atoms with Crippen molar-refractivity contribution in [2.75, 3.05) is 6.61 Å². The van der Waals surface area contributed by atoms with Crippen LogP contribution in [0.25, 0.3) is 201 Å². The third-order valence-electron chi connectivity index (χ3n) is 27.3. The predicted molar refractivity (Wildman–Crippen MR) is 494 cm³/mol. The summed E-state index contributed by atoms with van der Waals surface area (Å²) in [6.07, 6.45) is 0. The average Bonchev–Trinajstić information content (AvgIpc) is 1.08. The van der Waals surface area contributed by atoms with E-state index in [4.69, 9.17) is 4.74 Å². The number of aromatic nitrogens is 5. The minimum atomic E-state index is -0.614. The fourth-order valence-electron chi connectivity index (χ4n) is 22.2. The maximum atomic E-state index is 17.9. The number of carbonyl (C=O) groups is 1. The molecule has 15 nitrogen and oxygen atoms in total. The lowest BCUT2D eigenvalue weighted by Crippen LogP contribution is -2.35. The summed E-state index contributed by atoms with van der Waals surface area (Å²) in [5.41, 5.74) is 5.51. The van der Waals surface area contributed by atoms with Gasteiger partial charge in [0.25, 0.3) is 44.5 Å². The summed E-state index contributed by atoms with van der Waals surface area (Å²) in [6.45, 7) is 34.7. The molecule has 5 heterocycles. The highest BCUT2D eigenvalue weighted by atomic mass is 16.5. The zero-order valence-corrected chi connectivity index (χ0v) is 70.0. The number of carbonyl (C=O) groups excluding carboxylic acids is 1. The van der Waals surface area contributed by atoms with Gasteiger partial charge < -0.3 is 9.30 Å². The molecule has 0 radical (unpaired) electrons. The van der Waals surface area contributed by atoms with Gasteiger partial charge in [0.1, 0.15) is 0 Å². The maximum absolute atomic E-state index is 17.9. The Bertz CT molecular complexity index is 8640. The molecule has 0 atom stereocenters. The Hall–Kier alpha value is -13.3. The van der Waals surface area contributed by atoms with Crippen LogP contribution in [0.5, 0.6) is 0 Å². The monoisotopic (exact) mass is 1580 g/mol. The average molecular weight is 1580 g/mol. The van der Waals surface area contributed by atoms with Gasteiger partial charge in [-0.25, -0.2) is 23.1 Å². The lowest BCUT2D eigenvalue weighted by molar-refractivity contribution is 0.0526. The first kappa shape index (κ1) is 73.1. The van der Waals surface area contributed by atoms with Crippen molar-refractivity contribution in [1.82, 2.24) is 22.8 Å². The van der Waals surface area contributed by atoms with Crippen LogP contribution in [0.1, 0.15) is 220 Å². The van der Waals surface area contributed by atoms with Gasteiger partial charge in [-0.1, -0.05) is 196 Å². The number of nitrogens with zero attached hydrogens (tertiary/aromatic N) is 5. The van der Waals surface area contributed by atoms with Gasteiger partial charge in [-0.15, -0.1) is 0 Å². The SMILES string of the molecule is CCOC(=O)c1ccc(-n2c3cc4c(=O)n(-c5c(C(C)C)cccc5C(C)C)c(=O)c5cc6c7cc8c(=O)n(-c9c(C(C)C)cccc9C(C)C)c(=O)c9ccc%10c%11ccc%12c(=O)n(-c%13c(C(C)C)cccc%13C(C)C)c(=O)c%13c%12c%11c(c7c%10c98)c7c%13c8c9c(=O)n(-c%10c(C(C)C)cccc%10C(C)C)c(=O)c%10cc2c2c(c%109)c(c6c(c54)c23)c87)cc1. The molecule has 0 saturated carbocycles. The summed E-state index contributed by atoms with van der Waals surface area (Å²) in [6, 6.07) is 45.9. The minimum absolute atomic E-state index is 0.134. The van der Waals surface area contributed by atoms with E-state index in [1.165, 1.54) is 18.3 Å². The highest BCUT2D eigenvalue weighted by molar-refractivity contribution is 6.63. The fourth-order valence-corrected chi connectivity index (χ4v) is 22.2. The summed E-state index contributed by atoms with van der Waals surface area (Å²) in [5.74, 6) is -1.89. The van der Waals surface area contributed by atoms with Crippen molar-refractivity contribution in [3.63, 3.8) is 0 Å². The van der Waals surface area contributed by atoms with Crippen LogP contribution in [-0.4, -0.2) is 35.4 Å². The summed E-state index contributed by atoms with van der Waals surface area (Å²) in [5, 5.41) is 13.2. The molecule has 0 aliphatic rings. The number of ether oxygens (including phenoxy) is 1. The van der Waals surface area contributed by atoms with E-state index in [1.54, 1.807) is 19.1 Å². The highest BCUT2D eigenvalue weighted by Gasteiger charge is 2.40. The van der Waals surface area contributed by atoms with Crippen molar-refractivity contribution in [3.8, 4) is 28.4 Å². The van der Waals surface area contributed by atoms with E-state index in [9.17, 15) is 4.79 Å². The van der Waals surface area contributed by atoms with Crippen LogP contribution in [-0.2, 0) is 4.74 Å². The summed E-state index contributed by atoms with van der Waals surface area (Å²) in [4.78, 5) is 152. The van der Waals surface area contributed by atoms with Gasteiger partial charge in [0, 0.05) is 97.3 Å². The number of pyridine rings is 4. The van der Waals surface area contributed by atoms with Crippen LogP contribution in [0.4, 0.5) is 0 Å². The number of hydrogen-bond donors (Lipinski definition) is 0. The van der Waals surface area contributed by atoms with Gasteiger partial charge >= 0.3 is 5.97 Å². The quantitative estimate of drug-likeness (QED) is 0.0543. The third kappa shape index (κ3) is 8.81. The number of rotatable bonds is 15. The molecule has 120 heavy (non-hydrogen) atoms. The molecular formula is C105H85N5O10. The topological polar surface area (TPSA) is 188 Å². The molecule has 0 aliphatic carbocycles. The van der Waals surface area contributed by atoms with Gasteiger partial charge in [0.05, 0.1) is 67.5 Å². The molecule has 0 N–H and O–H groups in total. The second-order valence-corrected chi connectivity index (χ2v) is 36.4. The fraction of sp³-hybridized carbons (Fsp3) is 0.248. The second-order valence-electron chi connectivity index (χ2n) is 36.4. The van der Waals surface area contributed by atoms with Gasteiger partial charge in [0.2, 0.25) is 0 Å². The molecular weight excluding hydrogens is 1490 g/mol. The summed E-state index contributed by atoms with van der Waals surface area (Å²) >= 11 is 0. The number of para-hydroxylation sites is 4. The second kappa shape index (κ2) is 24.7. The van der Waals surface area contributed by atoms with Crippen LogP contribution in [0, 0.1) is 0 Å². The van der Waals surface area contributed by atoms with Crippen molar-refractivity contribution in [3.05, 3.63) is 278 Å². The van der Waals surface area contributed by atoms with E-state index in [-0.39, 0.29) is 103 Å². The Morgan fingerprint density at radius 1 is 0.242 bits per heavy atom. The van der Waals surface area contributed by atoms with Crippen LogP contribution in [0.2, 0.25) is 0 Å². The van der Waals surface area contributed by atoms with E-state index in [0.29, 0.717) is 158 Å². The highest BCUT2D eigenvalue weighted by Crippen LogP contribution is 2.62. The molecule has 590 valence electrons. The number of fused-ring (bicyclic) bond motifs is 5. The molecule has 15 heteroatoms. The van der Waals surface area contributed by atoms with E-state index in [2.05, 4.69) is 83.1 Å². The smallest absolute Gasteiger partial charge is 0.338 e. The molecule has 0 saturated heterocycles. The molecule has 0 spiro atoms. The first-order valence-corrected chi connectivity index (χ1v) is 42.4. The molecule has 0 amide bonds. The van der Waals surface area contributed by atoms with Gasteiger partial charge in [-0.05, 0) is 208 Å². The van der Waals surface area contributed by atoms with E-state index < -0.39 is 50.4 Å². The minimum Gasteiger partial charge on any atom is -0.462 e. The van der Waals surface area contributed by atoms with Crippen LogP contribution in [0.15, 0.2) is 184 Å². The Balaban J connectivity index is 1.11. The lowest BCUT2D eigenvalue weighted by atomic mass is 9.73. The van der Waals surface area contributed by atoms with Crippen LogP contribution in [0.3, 0.4) is 0 Å². The number of esters is 1. The van der Waals surface area contributed by atoms with Crippen LogP contribution < -0.4 is 44.5 Å². The van der Waals surface area contributed by atoms with Crippen molar-refractivity contribution < 1.29 is 9.53 Å². The predicted octanol–water partition coefficient (Wildman–Crippen LogP) is 22.5. The first-order chi connectivity index (χ1) is 57.5. The van der Waals surface area contributed by atoms with Crippen molar-refractivity contribution in [2.24, 2.45) is 0 Å². The van der Waals surface area contributed by atoms with Crippen molar-refractivity contribution >= 4 is 179 Å². The molecule has 5 aromatic heterocycles. The summed E-state index contributed by atoms with van der Waals surface area (Å²) in [7, 11) is 0. The Morgan fingerprint density at radius 2 is 0.483 bits per heavy atom. The van der Waals surface area contributed by atoms with Gasteiger partial charge in [-0.3, -0.25) is 38.4 Å². The normalized spacial score (nSPS) is 13.1. The Morgan fingerprint density at radius 3 is 0.850 bits per heavy atom. The van der Waals surface area contributed by atoms with Crippen molar-refractivity contribution in [1.29, 1.82) is 0 Å². The van der Waals surface area contributed by atoms with Crippen molar-refractivity contribution in [2.45, 2.75) is 165 Å². The molecule has 0 bridgehead atoms.